The predicted molar refractivity (Wildman–Crippen MR) is 115 cm³/mol. The highest BCUT2D eigenvalue weighted by molar-refractivity contribution is 6.46. The molecular formula is C23H24ClFN2O3. The molecule has 0 aromatic heterocycles. The maximum atomic E-state index is 13.3. The number of hydrogen-bond donors (Lipinski definition) is 1. The van der Waals surface area contributed by atoms with Crippen LogP contribution in [0.25, 0.3) is 5.76 Å². The molecule has 0 bridgehead atoms. The zero-order valence-corrected chi connectivity index (χ0v) is 17.7. The minimum absolute atomic E-state index is 0.0200. The highest BCUT2D eigenvalue weighted by Gasteiger charge is 2.46. The van der Waals surface area contributed by atoms with Crippen molar-refractivity contribution in [1.82, 2.24) is 9.80 Å². The van der Waals surface area contributed by atoms with Gasteiger partial charge in [0, 0.05) is 23.7 Å². The van der Waals surface area contributed by atoms with Crippen LogP contribution in [0.1, 0.15) is 31.0 Å². The third-order valence-corrected chi connectivity index (χ3v) is 5.61. The highest BCUT2D eigenvalue weighted by atomic mass is 35.5. The summed E-state index contributed by atoms with van der Waals surface area (Å²) in [5, 5.41) is 11.4. The molecule has 2 aromatic carbocycles. The van der Waals surface area contributed by atoms with Gasteiger partial charge >= 0.3 is 0 Å². The average molecular weight is 431 g/mol. The van der Waals surface area contributed by atoms with E-state index in [1.165, 1.54) is 29.2 Å². The van der Waals surface area contributed by atoms with Crippen LogP contribution in [-0.2, 0) is 9.59 Å². The largest absolute Gasteiger partial charge is 0.507 e. The van der Waals surface area contributed by atoms with Crippen LogP contribution < -0.4 is 0 Å². The lowest BCUT2D eigenvalue weighted by molar-refractivity contribution is -0.140. The van der Waals surface area contributed by atoms with E-state index in [-0.39, 0.29) is 16.9 Å². The number of aliphatic hydroxyl groups excluding tert-OH is 1. The van der Waals surface area contributed by atoms with Gasteiger partial charge in [0.05, 0.1) is 11.6 Å². The Kier molecular flexibility index (Phi) is 6.90. The summed E-state index contributed by atoms with van der Waals surface area (Å²) in [6, 6.07) is 11.3. The van der Waals surface area contributed by atoms with Crippen LogP contribution in [-0.4, -0.2) is 52.8 Å². The third-order valence-electron chi connectivity index (χ3n) is 5.37. The second-order valence-corrected chi connectivity index (χ2v) is 7.52. The van der Waals surface area contributed by atoms with Crippen LogP contribution in [0.5, 0.6) is 0 Å². The van der Waals surface area contributed by atoms with Crippen LogP contribution in [0.3, 0.4) is 0 Å². The van der Waals surface area contributed by atoms with E-state index in [0.717, 1.165) is 13.1 Å². The Hall–Kier alpha value is -2.70. The lowest BCUT2D eigenvalue weighted by atomic mass is 9.95. The smallest absolute Gasteiger partial charge is 0.295 e. The molecule has 1 N–H and O–H groups in total. The molecule has 1 aliphatic heterocycles. The monoisotopic (exact) mass is 430 g/mol. The number of ketones is 1. The number of nitrogens with zero attached hydrogens (tertiary/aromatic N) is 2. The highest BCUT2D eigenvalue weighted by Crippen LogP contribution is 2.39. The van der Waals surface area contributed by atoms with Gasteiger partial charge in [-0.2, -0.15) is 0 Å². The van der Waals surface area contributed by atoms with Crippen molar-refractivity contribution in [2.75, 3.05) is 26.2 Å². The maximum absolute atomic E-state index is 13.3. The fraction of sp³-hybridized carbons (Fsp3) is 0.304. The zero-order valence-electron chi connectivity index (χ0n) is 16.9. The van der Waals surface area contributed by atoms with Crippen LogP contribution >= 0.6 is 11.6 Å². The summed E-state index contributed by atoms with van der Waals surface area (Å²) in [5.74, 6) is -2.22. The van der Waals surface area contributed by atoms with E-state index in [0.29, 0.717) is 23.7 Å². The molecule has 1 aliphatic rings. The zero-order chi connectivity index (χ0) is 21.8. The molecule has 0 aliphatic carbocycles. The number of amides is 1. The van der Waals surface area contributed by atoms with Crippen molar-refractivity contribution < 1.29 is 19.1 Å². The van der Waals surface area contributed by atoms with Crippen molar-refractivity contribution in [2.45, 2.75) is 19.9 Å². The van der Waals surface area contributed by atoms with Crippen LogP contribution in [0, 0.1) is 5.82 Å². The van der Waals surface area contributed by atoms with Crippen LogP contribution in [0.15, 0.2) is 54.1 Å². The molecule has 0 radical (unpaired) electrons. The summed E-state index contributed by atoms with van der Waals surface area (Å²) < 4.78 is 13.3. The molecule has 2 aromatic rings. The minimum Gasteiger partial charge on any atom is -0.507 e. The van der Waals surface area contributed by atoms with E-state index in [1.54, 1.807) is 24.3 Å². The third kappa shape index (κ3) is 4.40. The molecule has 1 amide bonds. The van der Waals surface area contributed by atoms with Gasteiger partial charge in [-0.3, -0.25) is 9.59 Å². The van der Waals surface area contributed by atoms with Crippen molar-refractivity contribution >= 4 is 29.1 Å². The van der Waals surface area contributed by atoms with Gasteiger partial charge < -0.3 is 14.9 Å². The summed E-state index contributed by atoms with van der Waals surface area (Å²) in [6.45, 7) is 6.61. The standard InChI is InChI=1S/C23H24ClFN2O3/c1-3-26(4-2)12-13-27-20(16-6-5-7-17(24)14-16)19(22(29)23(27)30)21(28)15-8-10-18(25)11-9-15/h5-11,14,20,28H,3-4,12-13H2,1-2H3/t20-/m1/s1. The van der Waals surface area contributed by atoms with E-state index in [4.69, 9.17) is 11.6 Å². The Bertz CT molecular complexity index is 971. The van der Waals surface area contributed by atoms with Crippen molar-refractivity contribution in [3.8, 4) is 0 Å². The number of carbonyl (C=O) groups is 2. The number of carbonyl (C=O) groups excluding carboxylic acids is 2. The Morgan fingerprint density at radius 1 is 1.13 bits per heavy atom. The van der Waals surface area contributed by atoms with Gasteiger partial charge in [-0.25, -0.2) is 4.39 Å². The topological polar surface area (TPSA) is 60.9 Å². The van der Waals surface area contributed by atoms with Gasteiger partial charge in [0.15, 0.2) is 0 Å². The lowest BCUT2D eigenvalue weighted by Gasteiger charge is -2.28. The van der Waals surface area contributed by atoms with E-state index in [1.807, 2.05) is 13.8 Å². The number of benzene rings is 2. The molecular weight excluding hydrogens is 407 g/mol. The first-order valence-corrected chi connectivity index (χ1v) is 10.3. The number of likely N-dealkylation sites (tertiary alicyclic amines) is 1. The first kappa shape index (κ1) is 22.0. The first-order chi connectivity index (χ1) is 14.4. The molecule has 158 valence electrons. The second-order valence-electron chi connectivity index (χ2n) is 7.08. The molecule has 1 atom stereocenters. The summed E-state index contributed by atoms with van der Waals surface area (Å²) in [6.07, 6.45) is 0. The van der Waals surface area contributed by atoms with Crippen molar-refractivity contribution in [2.24, 2.45) is 0 Å². The fourth-order valence-corrected chi connectivity index (χ4v) is 3.88. The van der Waals surface area contributed by atoms with E-state index in [2.05, 4.69) is 4.90 Å². The molecule has 30 heavy (non-hydrogen) atoms. The average Bonchev–Trinajstić information content (AvgIpc) is 2.99. The Morgan fingerprint density at radius 2 is 1.80 bits per heavy atom. The maximum Gasteiger partial charge on any atom is 0.295 e. The van der Waals surface area contributed by atoms with Gasteiger partial charge in [0.25, 0.3) is 11.7 Å². The second kappa shape index (κ2) is 9.41. The van der Waals surface area contributed by atoms with Crippen molar-refractivity contribution in [3.63, 3.8) is 0 Å². The molecule has 0 spiro atoms. The number of halogens is 2. The molecule has 0 unspecified atom stereocenters. The predicted octanol–water partition coefficient (Wildman–Crippen LogP) is 4.24. The first-order valence-electron chi connectivity index (χ1n) is 9.89. The molecule has 0 saturated carbocycles. The van der Waals surface area contributed by atoms with Gasteiger partial charge in [0.2, 0.25) is 0 Å². The number of likely N-dealkylation sites (N-methyl/N-ethyl adjacent to an activating group) is 1. The molecule has 5 nitrogen and oxygen atoms in total. The molecule has 7 heteroatoms. The SMILES string of the molecule is CCN(CC)CCN1C(=O)C(=O)C(=C(O)c2ccc(F)cc2)[C@H]1c1cccc(Cl)c1. The summed E-state index contributed by atoms with van der Waals surface area (Å²) in [5.41, 5.74) is 0.878. The lowest BCUT2D eigenvalue weighted by Crippen LogP contribution is -2.38. The van der Waals surface area contributed by atoms with E-state index < -0.39 is 23.5 Å². The van der Waals surface area contributed by atoms with E-state index >= 15 is 0 Å². The molecule has 3 rings (SSSR count). The number of aliphatic hydroxyl groups is 1. The fourth-order valence-electron chi connectivity index (χ4n) is 3.69. The number of rotatable bonds is 7. The molecule has 1 heterocycles. The normalized spacial score (nSPS) is 18.4. The molecule has 1 saturated heterocycles. The summed E-state index contributed by atoms with van der Waals surface area (Å²) >= 11 is 6.16. The minimum atomic E-state index is -0.774. The Balaban J connectivity index is 2.09. The van der Waals surface area contributed by atoms with Gasteiger partial charge in [-0.1, -0.05) is 37.6 Å². The summed E-state index contributed by atoms with van der Waals surface area (Å²) in [4.78, 5) is 29.4. The van der Waals surface area contributed by atoms with Gasteiger partial charge in [0.1, 0.15) is 11.6 Å². The quantitative estimate of drug-likeness (QED) is 0.405. The Morgan fingerprint density at radius 3 is 2.40 bits per heavy atom. The number of Topliss-reactive ketones (excluding diaryl/α,β-unsaturated/α-hetero) is 1. The Labute approximate surface area is 180 Å². The van der Waals surface area contributed by atoms with Crippen molar-refractivity contribution in [3.05, 3.63) is 76.1 Å². The van der Waals surface area contributed by atoms with Crippen LogP contribution in [0.2, 0.25) is 5.02 Å². The van der Waals surface area contributed by atoms with Gasteiger partial charge in [-0.15, -0.1) is 0 Å². The van der Waals surface area contributed by atoms with Crippen LogP contribution in [0.4, 0.5) is 4.39 Å². The van der Waals surface area contributed by atoms with Crippen molar-refractivity contribution in [1.29, 1.82) is 0 Å². The number of hydrogen-bond acceptors (Lipinski definition) is 4. The molecule has 1 fully saturated rings. The summed E-state index contributed by atoms with van der Waals surface area (Å²) in [7, 11) is 0. The van der Waals surface area contributed by atoms with E-state index in [9.17, 15) is 19.1 Å². The van der Waals surface area contributed by atoms with Gasteiger partial charge in [-0.05, 0) is 55.1 Å².